The van der Waals surface area contributed by atoms with E-state index in [2.05, 4.69) is 4.90 Å². The first-order chi connectivity index (χ1) is 5.79. The topological polar surface area (TPSA) is 63.4 Å². The second-order valence-corrected chi connectivity index (χ2v) is 6.72. The van der Waals surface area contributed by atoms with Crippen LogP contribution in [-0.2, 0) is 9.84 Å². The van der Waals surface area contributed by atoms with E-state index < -0.39 is 9.84 Å². The minimum atomic E-state index is -2.75. The lowest BCUT2D eigenvalue weighted by Crippen LogP contribution is -2.50. The van der Waals surface area contributed by atoms with Gasteiger partial charge in [-0.05, 0) is 13.8 Å². The fraction of sp³-hybridized carbons (Fsp3) is 1.00. The smallest absolute Gasteiger partial charge is 0.152 e. The van der Waals surface area contributed by atoms with Crippen LogP contribution in [0.25, 0.3) is 0 Å². The third-order valence-corrected chi connectivity index (χ3v) is 3.68. The van der Waals surface area contributed by atoms with Gasteiger partial charge in [-0.2, -0.15) is 0 Å². The van der Waals surface area contributed by atoms with Gasteiger partial charge in [0.05, 0.1) is 11.5 Å². The van der Waals surface area contributed by atoms with Crippen LogP contribution in [0.15, 0.2) is 0 Å². The first kappa shape index (κ1) is 14.2. The SMILES string of the molecule is CC(C)(N)CN1CCS(=O)(=O)CC1.Cl. The first-order valence-corrected chi connectivity index (χ1v) is 6.32. The number of nitrogens with zero attached hydrogens (tertiary/aromatic N) is 1. The van der Waals surface area contributed by atoms with Gasteiger partial charge in [-0.1, -0.05) is 0 Å². The van der Waals surface area contributed by atoms with Crippen LogP contribution < -0.4 is 5.73 Å². The third-order valence-electron chi connectivity index (χ3n) is 2.07. The molecule has 1 fully saturated rings. The Morgan fingerprint density at radius 1 is 1.29 bits per heavy atom. The molecule has 0 atom stereocenters. The lowest BCUT2D eigenvalue weighted by atomic mass is 10.1. The van der Waals surface area contributed by atoms with Crippen LogP contribution in [0, 0.1) is 0 Å². The van der Waals surface area contributed by atoms with Gasteiger partial charge in [-0.15, -0.1) is 12.4 Å². The Bertz CT molecular complexity index is 258. The van der Waals surface area contributed by atoms with Crippen molar-refractivity contribution < 1.29 is 8.42 Å². The van der Waals surface area contributed by atoms with Gasteiger partial charge in [0.15, 0.2) is 9.84 Å². The number of sulfone groups is 1. The lowest BCUT2D eigenvalue weighted by molar-refractivity contribution is 0.242. The predicted octanol–water partition coefficient (Wildman–Crippen LogP) is -0.124. The molecule has 2 N–H and O–H groups in total. The Balaban J connectivity index is 0.00000169. The second-order valence-electron chi connectivity index (χ2n) is 4.42. The molecule has 4 nitrogen and oxygen atoms in total. The number of nitrogens with two attached hydrogens (primary N) is 1. The van der Waals surface area contributed by atoms with Crippen LogP contribution in [0.5, 0.6) is 0 Å². The second kappa shape index (κ2) is 4.79. The van der Waals surface area contributed by atoms with E-state index in [0.717, 1.165) is 6.54 Å². The molecule has 14 heavy (non-hydrogen) atoms. The Morgan fingerprint density at radius 2 is 1.71 bits per heavy atom. The van der Waals surface area contributed by atoms with Crippen LogP contribution in [0.3, 0.4) is 0 Å². The molecule has 1 heterocycles. The molecule has 0 spiro atoms. The summed E-state index contributed by atoms with van der Waals surface area (Å²) < 4.78 is 22.2. The van der Waals surface area contributed by atoms with Crippen molar-refractivity contribution in [1.29, 1.82) is 0 Å². The summed E-state index contributed by atoms with van der Waals surface area (Å²) in [6.07, 6.45) is 0. The van der Waals surface area contributed by atoms with Crippen molar-refractivity contribution in [3.05, 3.63) is 0 Å². The summed E-state index contributed by atoms with van der Waals surface area (Å²) in [5.41, 5.74) is 5.61. The molecule has 0 aliphatic carbocycles. The Kier molecular flexibility index (Phi) is 4.84. The Morgan fingerprint density at radius 3 is 2.07 bits per heavy atom. The number of rotatable bonds is 2. The highest BCUT2D eigenvalue weighted by Crippen LogP contribution is 2.07. The number of hydrogen-bond donors (Lipinski definition) is 1. The molecule has 0 aromatic rings. The van der Waals surface area contributed by atoms with Crippen LogP contribution in [0.2, 0.25) is 0 Å². The van der Waals surface area contributed by atoms with Gasteiger partial charge in [-0.25, -0.2) is 8.42 Å². The zero-order chi connectivity index (χ0) is 10.1. The van der Waals surface area contributed by atoms with Crippen LogP contribution in [0.1, 0.15) is 13.8 Å². The Labute approximate surface area is 92.2 Å². The van der Waals surface area contributed by atoms with E-state index in [4.69, 9.17) is 5.73 Å². The molecule has 0 amide bonds. The molecule has 1 aliphatic heterocycles. The summed E-state index contributed by atoms with van der Waals surface area (Å²) in [6.45, 7) is 5.93. The van der Waals surface area contributed by atoms with Gasteiger partial charge in [0, 0.05) is 25.2 Å². The summed E-state index contributed by atoms with van der Waals surface area (Å²) in [5, 5.41) is 0. The fourth-order valence-electron chi connectivity index (χ4n) is 1.48. The quantitative estimate of drug-likeness (QED) is 0.733. The maximum Gasteiger partial charge on any atom is 0.152 e. The highest BCUT2D eigenvalue weighted by atomic mass is 35.5. The van der Waals surface area contributed by atoms with E-state index in [-0.39, 0.29) is 29.5 Å². The van der Waals surface area contributed by atoms with Crippen molar-refractivity contribution in [3.8, 4) is 0 Å². The highest BCUT2D eigenvalue weighted by Gasteiger charge is 2.24. The largest absolute Gasteiger partial charge is 0.324 e. The standard InChI is InChI=1S/C8H18N2O2S.ClH/c1-8(2,9)7-10-3-5-13(11,12)6-4-10;/h3-7,9H2,1-2H3;1H. The molecule has 1 rings (SSSR count). The monoisotopic (exact) mass is 242 g/mol. The maximum atomic E-state index is 11.1. The molecular weight excluding hydrogens is 224 g/mol. The van der Waals surface area contributed by atoms with Gasteiger partial charge < -0.3 is 5.73 Å². The minimum Gasteiger partial charge on any atom is -0.324 e. The summed E-state index contributed by atoms with van der Waals surface area (Å²) in [5.74, 6) is 0.562. The van der Waals surface area contributed by atoms with E-state index in [0.29, 0.717) is 13.1 Å². The van der Waals surface area contributed by atoms with Crippen LogP contribution >= 0.6 is 12.4 Å². The molecule has 86 valence electrons. The van der Waals surface area contributed by atoms with Crippen molar-refractivity contribution in [1.82, 2.24) is 4.90 Å². The number of halogens is 1. The van der Waals surface area contributed by atoms with Crippen LogP contribution in [0.4, 0.5) is 0 Å². The van der Waals surface area contributed by atoms with Gasteiger partial charge in [0.1, 0.15) is 0 Å². The highest BCUT2D eigenvalue weighted by molar-refractivity contribution is 7.91. The molecular formula is C8H19ClN2O2S. The lowest BCUT2D eigenvalue weighted by Gasteiger charge is -2.32. The van der Waals surface area contributed by atoms with Crippen LogP contribution in [-0.4, -0.2) is 50.0 Å². The van der Waals surface area contributed by atoms with Crippen molar-refractivity contribution in [2.24, 2.45) is 5.73 Å². The molecule has 0 radical (unpaired) electrons. The first-order valence-electron chi connectivity index (χ1n) is 4.50. The normalized spacial score (nSPS) is 22.8. The molecule has 0 aromatic heterocycles. The van der Waals surface area contributed by atoms with Crippen molar-refractivity contribution in [2.45, 2.75) is 19.4 Å². The summed E-state index contributed by atoms with van der Waals surface area (Å²) in [7, 11) is -2.75. The van der Waals surface area contributed by atoms with Gasteiger partial charge in [0.2, 0.25) is 0 Å². The van der Waals surface area contributed by atoms with Crippen molar-refractivity contribution in [3.63, 3.8) is 0 Å². The van der Waals surface area contributed by atoms with Gasteiger partial charge >= 0.3 is 0 Å². The minimum absolute atomic E-state index is 0. The Hall–Kier alpha value is 0.160. The van der Waals surface area contributed by atoms with Crippen molar-refractivity contribution in [2.75, 3.05) is 31.1 Å². The molecule has 0 saturated carbocycles. The van der Waals surface area contributed by atoms with Crippen molar-refractivity contribution >= 4 is 22.2 Å². The van der Waals surface area contributed by atoms with Gasteiger partial charge in [-0.3, -0.25) is 4.90 Å². The predicted molar refractivity (Wildman–Crippen MR) is 60.6 cm³/mol. The molecule has 1 saturated heterocycles. The zero-order valence-corrected chi connectivity index (χ0v) is 10.3. The zero-order valence-electron chi connectivity index (χ0n) is 8.69. The molecule has 1 aliphatic rings. The number of hydrogen-bond acceptors (Lipinski definition) is 4. The van der Waals surface area contributed by atoms with Gasteiger partial charge in [0.25, 0.3) is 0 Å². The summed E-state index contributed by atoms with van der Waals surface area (Å²) >= 11 is 0. The molecule has 0 aromatic carbocycles. The average molecular weight is 243 g/mol. The van der Waals surface area contributed by atoms with E-state index in [1.54, 1.807) is 0 Å². The van der Waals surface area contributed by atoms with E-state index in [9.17, 15) is 8.42 Å². The third kappa shape index (κ3) is 5.14. The average Bonchev–Trinajstić information content (AvgIpc) is 1.91. The molecule has 0 bridgehead atoms. The fourth-order valence-corrected chi connectivity index (χ4v) is 2.76. The summed E-state index contributed by atoms with van der Waals surface area (Å²) in [4.78, 5) is 2.11. The summed E-state index contributed by atoms with van der Waals surface area (Å²) in [6, 6.07) is 0. The molecule has 0 unspecified atom stereocenters. The molecule has 6 heteroatoms. The van der Waals surface area contributed by atoms with E-state index in [1.165, 1.54) is 0 Å². The van der Waals surface area contributed by atoms with E-state index in [1.807, 2.05) is 13.8 Å². The maximum absolute atomic E-state index is 11.1. The van der Waals surface area contributed by atoms with E-state index >= 15 is 0 Å².